The van der Waals surface area contributed by atoms with Crippen molar-refractivity contribution >= 4 is 5.97 Å². The minimum absolute atomic E-state index is 0. The molecule has 0 saturated heterocycles. The molecule has 0 aromatic carbocycles. The molecular weight excluding hydrogens is 360 g/mol. The third kappa shape index (κ3) is 11.1. The van der Waals surface area contributed by atoms with E-state index in [4.69, 9.17) is 9.52 Å². The number of hydrogen-bond acceptors (Lipinski definition) is 2. The Bertz CT molecular complexity index is 387. The molecule has 0 saturated carbocycles. The summed E-state index contributed by atoms with van der Waals surface area (Å²) in [6, 6.07) is 4.24. The van der Waals surface area contributed by atoms with E-state index in [2.05, 4.69) is 19.1 Å². The van der Waals surface area contributed by atoms with Crippen LogP contribution in [-0.2, 0) is 38.7 Å². The smallest absolute Gasteiger partial charge is 0.303 e. The number of carboxylic acid groups (broad SMARTS) is 1. The van der Waals surface area contributed by atoms with Crippen LogP contribution < -0.4 is 0 Å². The third-order valence-electron chi connectivity index (χ3n) is 3.81. The number of carbonyl (C=O) groups is 1. The van der Waals surface area contributed by atoms with Gasteiger partial charge in [-0.05, 0) is 31.4 Å². The van der Waals surface area contributed by atoms with Crippen LogP contribution in [0.4, 0.5) is 0 Å². The first kappa shape index (κ1) is 21.4. The van der Waals surface area contributed by atoms with E-state index in [0.29, 0.717) is 6.42 Å². The van der Waals surface area contributed by atoms with Crippen molar-refractivity contribution in [3.05, 3.63) is 23.7 Å². The second-order valence-corrected chi connectivity index (χ2v) is 5.84. The number of hydrogen-bond donors (Lipinski definition) is 1. The molecule has 0 amide bonds. The van der Waals surface area contributed by atoms with Crippen molar-refractivity contribution in [2.75, 3.05) is 0 Å². The largest absolute Gasteiger partial charge is 0.481 e. The predicted molar refractivity (Wildman–Crippen MR) is 85.6 cm³/mol. The van der Waals surface area contributed by atoms with Gasteiger partial charge in [0, 0.05) is 40.3 Å². The van der Waals surface area contributed by atoms with E-state index in [1.54, 1.807) is 0 Å². The van der Waals surface area contributed by atoms with Gasteiger partial charge in [0.1, 0.15) is 11.5 Å². The van der Waals surface area contributed by atoms with Gasteiger partial charge >= 0.3 is 5.97 Å². The Morgan fingerprint density at radius 2 is 1.41 bits per heavy atom. The second-order valence-electron chi connectivity index (χ2n) is 5.84. The maximum atomic E-state index is 10.4. The van der Waals surface area contributed by atoms with E-state index < -0.39 is 5.97 Å². The maximum Gasteiger partial charge on any atom is 0.303 e. The topological polar surface area (TPSA) is 50.4 Å². The van der Waals surface area contributed by atoms with Crippen LogP contribution in [0.1, 0.15) is 82.7 Å². The molecule has 0 aliphatic heterocycles. The number of carboxylic acids is 1. The van der Waals surface area contributed by atoms with Gasteiger partial charge in [-0.1, -0.05) is 45.4 Å². The zero-order valence-corrected chi connectivity index (χ0v) is 15.8. The Kier molecular flexibility index (Phi) is 13.7. The Balaban J connectivity index is 0.00000441. The van der Waals surface area contributed by atoms with Gasteiger partial charge in [0.2, 0.25) is 0 Å². The number of rotatable bonds is 13. The molecule has 126 valence electrons. The molecule has 0 radical (unpaired) electrons. The van der Waals surface area contributed by atoms with Gasteiger partial charge in [-0.25, -0.2) is 0 Å². The minimum Gasteiger partial charge on any atom is -0.481 e. The molecule has 1 N–H and O–H groups in total. The molecule has 1 aromatic rings. The summed E-state index contributed by atoms with van der Waals surface area (Å²) in [5, 5.41) is 8.54. The summed E-state index contributed by atoms with van der Waals surface area (Å²) in [6.45, 7) is 2.22. The summed E-state index contributed by atoms with van der Waals surface area (Å²) >= 11 is 0. The van der Waals surface area contributed by atoms with Gasteiger partial charge in [0.25, 0.3) is 0 Å². The van der Waals surface area contributed by atoms with E-state index >= 15 is 0 Å². The van der Waals surface area contributed by atoms with Crippen LogP contribution in [0.15, 0.2) is 16.5 Å². The summed E-state index contributed by atoms with van der Waals surface area (Å²) in [5.74, 6) is 1.57. The molecule has 0 atom stereocenters. The average molecular weight is 390 g/mol. The maximum absolute atomic E-state index is 10.4. The van der Waals surface area contributed by atoms with Crippen molar-refractivity contribution in [2.24, 2.45) is 0 Å². The fourth-order valence-corrected chi connectivity index (χ4v) is 2.52. The number of unbranched alkanes of at least 4 members (excludes halogenated alkanes) is 7. The van der Waals surface area contributed by atoms with Crippen LogP contribution in [0, 0.1) is 0 Å². The van der Waals surface area contributed by atoms with Crippen molar-refractivity contribution in [1.29, 1.82) is 0 Å². The van der Waals surface area contributed by atoms with Crippen LogP contribution in [0.25, 0.3) is 0 Å². The fourth-order valence-electron chi connectivity index (χ4n) is 2.52. The van der Waals surface area contributed by atoms with Crippen LogP contribution >= 0.6 is 0 Å². The zero-order chi connectivity index (χ0) is 15.3. The molecule has 0 aliphatic rings. The standard InChI is InChI=1S/C18H30O3.Mo/c1-2-3-8-11-16-14-15-17(21-16)12-9-6-4-5-7-10-13-18(19)20;/h14-15H,2-13H2,1H3,(H,19,20);. The van der Waals surface area contributed by atoms with Crippen molar-refractivity contribution in [3.8, 4) is 0 Å². The molecule has 0 spiro atoms. The summed E-state index contributed by atoms with van der Waals surface area (Å²) < 4.78 is 5.84. The second kappa shape index (κ2) is 14.1. The monoisotopic (exact) mass is 392 g/mol. The number of aryl methyl sites for hydroxylation is 2. The molecule has 0 fully saturated rings. The molecule has 0 aliphatic carbocycles. The SMILES string of the molecule is CCCCCc1ccc(CCCCCCCCC(=O)O)o1.[Mo]. The molecular formula is C18H30MoO3. The quantitative estimate of drug-likeness (QED) is 0.364. The summed E-state index contributed by atoms with van der Waals surface area (Å²) in [6.07, 6.45) is 12.7. The molecule has 1 rings (SSSR count). The van der Waals surface area contributed by atoms with Crippen molar-refractivity contribution in [2.45, 2.75) is 84.0 Å². The summed E-state index contributed by atoms with van der Waals surface area (Å²) in [7, 11) is 0. The Labute approximate surface area is 149 Å². The van der Waals surface area contributed by atoms with Crippen LogP contribution in [0.3, 0.4) is 0 Å². The average Bonchev–Trinajstić information content (AvgIpc) is 2.89. The van der Waals surface area contributed by atoms with E-state index in [1.165, 1.54) is 38.5 Å². The summed E-state index contributed by atoms with van der Waals surface area (Å²) in [4.78, 5) is 10.4. The molecule has 22 heavy (non-hydrogen) atoms. The zero-order valence-electron chi connectivity index (χ0n) is 13.8. The van der Waals surface area contributed by atoms with E-state index in [-0.39, 0.29) is 21.1 Å². The van der Waals surface area contributed by atoms with Crippen LogP contribution in [0.2, 0.25) is 0 Å². The molecule has 1 heterocycles. The van der Waals surface area contributed by atoms with Gasteiger partial charge < -0.3 is 9.52 Å². The van der Waals surface area contributed by atoms with Gasteiger partial charge in [-0.15, -0.1) is 0 Å². The predicted octanol–water partition coefficient (Wildman–Crippen LogP) is 5.37. The third-order valence-corrected chi connectivity index (χ3v) is 3.81. The van der Waals surface area contributed by atoms with Gasteiger partial charge in [-0.2, -0.15) is 0 Å². The van der Waals surface area contributed by atoms with E-state index in [1.807, 2.05) is 0 Å². The van der Waals surface area contributed by atoms with Crippen LogP contribution in [-0.4, -0.2) is 11.1 Å². The Hall–Kier alpha value is -0.562. The normalized spacial score (nSPS) is 10.4. The Morgan fingerprint density at radius 3 is 1.95 bits per heavy atom. The van der Waals surface area contributed by atoms with Crippen molar-refractivity contribution in [3.63, 3.8) is 0 Å². The number of furan rings is 1. The van der Waals surface area contributed by atoms with E-state index in [9.17, 15) is 4.79 Å². The summed E-state index contributed by atoms with van der Waals surface area (Å²) in [5.41, 5.74) is 0. The molecule has 0 unspecified atom stereocenters. The minimum atomic E-state index is -0.678. The van der Waals surface area contributed by atoms with Gasteiger partial charge in [-0.3, -0.25) is 4.79 Å². The van der Waals surface area contributed by atoms with Crippen molar-refractivity contribution in [1.82, 2.24) is 0 Å². The molecule has 3 nitrogen and oxygen atoms in total. The first-order valence-electron chi connectivity index (χ1n) is 8.51. The van der Waals surface area contributed by atoms with E-state index in [0.717, 1.165) is 43.6 Å². The van der Waals surface area contributed by atoms with Crippen LogP contribution in [0.5, 0.6) is 0 Å². The van der Waals surface area contributed by atoms with Gasteiger partial charge in [0.15, 0.2) is 0 Å². The number of aliphatic carboxylic acids is 1. The molecule has 0 bridgehead atoms. The molecule has 1 aromatic heterocycles. The molecule has 4 heteroatoms. The van der Waals surface area contributed by atoms with Gasteiger partial charge in [0.05, 0.1) is 0 Å². The van der Waals surface area contributed by atoms with Crippen molar-refractivity contribution < 1.29 is 35.4 Å². The first-order chi connectivity index (χ1) is 10.2. The Morgan fingerprint density at radius 1 is 0.909 bits per heavy atom. The fraction of sp³-hybridized carbons (Fsp3) is 0.722. The first-order valence-corrected chi connectivity index (χ1v) is 8.51.